The van der Waals surface area contributed by atoms with E-state index in [4.69, 9.17) is 32.8 Å². The van der Waals surface area contributed by atoms with Crippen molar-refractivity contribution < 1.29 is 77.0 Å². The summed E-state index contributed by atoms with van der Waals surface area (Å²) in [6, 6.07) is 0. The topological polar surface area (TPSA) is 185 Å². The van der Waals surface area contributed by atoms with Gasteiger partial charge in [-0.1, -0.05) is 0 Å². The van der Waals surface area contributed by atoms with Gasteiger partial charge in [-0.15, -0.1) is 0 Å². The van der Waals surface area contributed by atoms with Crippen molar-refractivity contribution in [2.45, 2.75) is 12.2 Å². The number of carbonyl (C=O) groups excluding carboxylic acids is 1. The molecule has 2 atom stereocenters. The molecule has 5 N–H and O–H groups in total. The summed E-state index contributed by atoms with van der Waals surface area (Å²) in [5, 5.41) is 36.8. The van der Waals surface area contributed by atoms with Gasteiger partial charge in [0.25, 0.3) is 0 Å². The number of cyclic esters (lactones) is 1. The molecule has 18 heavy (non-hydrogen) atoms. The van der Waals surface area contributed by atoms with Gasteiger partial charge in [0.05, 0.1) is 6.61 Å². The number of hydrogen-bond acceptors (Lipinski definition) is 8. The van der Waals surface area contributed by atoms with E-state index in [2.05, 4.69) is 4.74 Å². The molecule has 0 aliphatic carbocycles. The van der Waals surface area contributed by atoms with Gasteiger partial charge in [-0.2, -0.15) is 8.42 Å². The summed E-state index contributed by atoms with van der Waals surface area (Å²) < 4.78 is 35.8. The first kappa shape index (κ1) is 19.9. The summed E-state index contributed by atoms with van der Waals surface area (Å²) in [6.07, 6.45) is -2.95. The van der Waals surface area contributed by atoms with E-state index in [0.29, 0.717) is 0 Å². The fourth-order valence-corrected chi connectivity index (χ4v) is 0.809. The first-order chi connectivity index (χ1) is 7.57. The molecule has 0 spiro atoms. The van der Waals surface area contributed by atoms with Crippen molar-refractivity contribution in [3.63, 3.8) is 0 Å². The maximum atomic E-state index is 10.8. The third-order valence-electron chi connectivity index (χ3n) is 1.46. The standard InChI is InChI=1S/C6H8O6.Na.H2O4S/c7-1-2(8)5-3(9)4(10)6(11)12-5;;1-5(2,3)4/h2,5,7-10H,1H2;;(H2,1,2,3,4)/q;+1;/p-1/t2?,5-;;/m1../s1. The number of carbonyl (C=O) groups is 1. The van der Waals surface area contributed by atoms with Crippen LogP contribution >= 0.6 is 0 Å². The summed E-state index contributed by atoms with van der Waals surface area (Å²) in [4.78, 5) is 10.5. The Morgan fingerprint density at radius 2 is 1.78 bits per heavy atom. The van der Waals surface area contributed by atoms with E-state index in [-0.39, 0.29) is 29.6 Å². The van der Waals surface area contributed by atoms with Crippen molar-refractivity contribution in [3.8, 4) is 0 Å². The van der Waals surface area contributed by atoms with Crippen LogP contribution in [0.2, 0.25) is 0 Å². The molecule has 1 aliphatic rings. The second kappa shape index (κ2) is 7.91. The SMILES string of the molecule is O=C1O[C@H](C(O)CO)C([O-])=C1O.O=S(=O)(O)O.[Na+]. The zero-order valence-corrected chi connectivity index (χ0v) is 11.9. The maximum absolute atomic E-state index is 10.8. The normalized spacial score (nSPS) is 20.4. The Labute approximate surface area is 123 Å². The molecular formula is C6H9NaO10S. The largest absolute Gasteiger partial charge is 1.00 e. The maximum Gasteiger partial charge on any atom is 1.00 e. The van der Waals surface area contributed by atoms with Gasteiger partial charge in [-0.3, -0.25) is 9.11 Å². The molecule has 1 aliphatic heterocycles. The molecule has 0 aromatic carbocycles. The van der Waals surface area contributed by atoms with E-state index >= 15 is 0 Å². The zero-order valence-electron chi connectivity index (χ0n) is 9.05. The third kappa shape index (κ3) is 7.13. The zero-order chi connectivity index (χ0) is 13.8. The van der Waals surface area contributed by atoms with Crippen molar-refractivity contribution >= 4 is 16.4 Å². The van der Waals surface area contributed by atoms with Gasteiger partial charge in [0, 0.05) is 0 Å². The fraction of sp³-hybridized carbons (Fsp3) is 0.500. The minimum absolute atomic E-state index is 0. The van der Waals surface area contributed by atoms with E-state index < -0.39 is 46.7 Å². The van der Waals surface area contributed by atoms with Crippen LogP contribution in [0, 0.1) is 0 Å². The number of aliphatic hydroxyl groups is 3. The molecule has 0 aromatic heterocycles. The first-order valence-corrected chi connectivity index (χ1v) is 5.27. The monoisotopic (exact) mass is 296 g/mol. The van der Waals surface area contributed by atoms with Crippen LogP contribution in [0.25, 0.3) is 0 Å². The van der Waals surface area contributed by atoms with Gasteiger partial charge in [0.15, 0.2) is 5.76 Å². The molecule has 0 aromatic rings. The van der Waals surface area contributed by atoms with Crippen LogP contribution < -0.4 is 34.7 Å². The minimum Gasteiger partial charge on any atom is -0.870 e. The molecule has 0 bridgehead atoms. The molecule has 0 fully saturated rings. The quantitative estimate of drug-likeness (QED) is 0.186. The van der Waals surface area contributed by atoms with E-state index in [1.807, 2.05) is 0 Å². The van der Waals surface area contributed by atoms with E-state index in [9.17, 15) is 9.90 Å². The van der Waals surface area contributed by atoms with Crippen molar-refractivity contribution in [1.82, 2.24) is 0 Å². The van der Waals surface area contributed by atoms with Crippen molar-refractivity contribution in [2.24, 2.45) is 0 Å². The van der Waals surface area contributed by atoms with Crippen LogP contribution in [0.3, 0.4) is 0 Å². The third-order valence-corrected chi connectivity index (χ3v) is 1.46. The molecule has 1 unspecified atom stereocenters. The van der Waals surface area contributed by atoms with Crippen LogP contribution in [-0.2, 0) is 19.9 Å². The van der Waals surface area contributed by atoms with Crippen LogP contribution in [0.1, 0.15) is 0 Å². The number of aliphatic hydroxyl groups excluding tert-OH is 3. The van der Waals surface area contributed by atoms with Gasteiger partial charge in [-0.05, 0) is 5.76 Å². The summed E-state index contributed by atoms with van der Waals surface area (Å²) >= 11 is 0. The van der Waals surface area contributed by atoms with Gasteiger partial charge in [0.1, 0.15) is 12.2 Å². The molecule has 0 radical (unpaired) electrons. The van der Waals surface area contributed by atoms with Crippen LogP contribution in [0.15, 0.2) is 11.5 Å². The van der Waals surface area contributed by atoms with Crippen molar-refractivity contribution in [1.29, 1.82) is 0 Å². The summed E-state index contributed by atoms with van der Waals surface area (Å²) in [5.41, 5.74) is 0. The molecule has 0 amide bonds. The van der Waals surface area contributed by atoms with Crippen LogP contribution in [0.5, 0.6) is 0 Å². The molecule has 0 saturated carbocycles. The molecule has 0 saturated heterocycles. The number of ether oxygens (including phenoxy) is 1. The molecule has 1 rings (SSSR count). The van der Waals surface area contributed by atoms with Gasteiger partial charge >= 0.3 is 45.9 Å². The van der Waals surface area contributed by atoms with Crippen LogP contribution in [0.4, 0.5) is 0 Å². The Morgan fingerprint density at radius 1 is 1.39 bits per heavy atom. The minimum atomic E-state index is -4.67. The smallest absolute Gasteiger partial charge is 0.870 e. The second-order valence-corrected chi connectivity index (χ2v) is 3.63. The second-order valence-electron chi connectivity index (χ2n) is 2.74. The number of hydrogen-bond donors (Lipinski definition) is 5. The molecular weight excluding hydrogens is 287 g/mol. The fourth-order valence-electron chi connectivity index (χ4n) is 0.809. The Bertz CT molecular complexity index is 406. The summed E-state index contributed by atoms with van der Waals surface area (Å²) in [7, 11) is -4.67. The Hall–Kier alpha value is -0.400. The molecule has 12 heteroatoms. The van der Waals surface area contributed by atoms with E-state index in [1.165, 1.54) is 0 Å². The van der Waals surface area contributed by atoms with Crippen molar-refractivity contribution in [3.05, 3.63) is 11.5 Å². The summed E-state index contributed by atoms with van der Waals surface area (Å²) in [5.74, 6) is -3.20. The molecule has 100 valence electrons. The van der Waals surface area contributed by atoms with E-state index in [0.717, 1.165) is 0 Å². The summed E-state index contributed by atoms with van der Waals surface area (Å²) in [6.45, 7) is -0.711. The Kier molecular flexibility index (Phi) is 8.76. The van der Waals surface area contributed by atoms with Gasteiger partial charge in [0.2, 0.25) is 0 Å². The van der Waals surface area contributed by atoms with Gasteiger partial charge in [-0.25, -0.2) is 4.79 Å². The van der Waals surface area contributed by atoms with Crippen molar-refractivity contribution in [2.75, 3.05) is 6.61 Å². The first-order valence-electron chi connectivity index (χ1n) is 3.87. The predicted octanol–water partition coefficient (Wildman–Crippen LogP) is -6.25. The van der Waals surface area contributed by atoms with Gasteiger partial charge < -0.3 is 25.2 Å². The average Bonchev–Trinajstić information content (AvgIpc) is 2.42. The molecule has 1 heterocycles. The number of esters is 1. The Balaban J connectivity index is 0. The average molecular weight is 296 g/mol. The predicted molar refractivity (Wildman–Crippen MR) is 46.8 cm³/mol. The molecule has 10 nitrogen and oxygen atoms in total. The van der Waals surface area contributed by atoms with Crippen LogP contribution in [-0.4, -0.2) is 57.6 Å². The number of rotatable bonds is 2. The van der Waals surface area contributed by atoms with E-state index in [1.54, 1.807) is 0 Å². The Morgan fingerprint density at radius 3 is 2.00 bits per heavy atom.